The Kier molecular flexibility index (Phi) is 6.85. The number of rotatable bonds is 4. The minimum Gasteiger partial charge on any atom is -0.341 e. The number of likely N-dealkylation sites (N-methyl/N-ethyl adjacent to an activating group) is 1. The maximum atomic E-state index is 12.8. The van der Waals surface area contributed by atoms with Crippen molar-refractivity contribution in [3.05, 3.63) is 35.4 Å². The molecular formula is C19H28ClN3O2. The normalized spacial score (nSPS) is 23.5. The van der Waals surface area contributed by atoms with Gasteiger partial charge in [-0.25, -0.2) is 0 Å². The minimum atomic E-state index is -0.182. The Morgan fingerprint density at radius 3 is 2.64 bits per heavy atom. The second kappa shape index (κ2) is 8.68. The molecule has 2 aliphatic rings. The average molecular weight is 366 g/mol. The number of nitrogens with zero attached hydrogens (tertiary/aromatic N) is 2. The van der Waals surface area contributed by atoms with Gasteiger partial charge in [0.15, 0.2) is 0 Å². The van der Waals surface area contributed by atoms with Crippen LogP contribution in [-0.4, -0.2) is 54.3 Å². The van der Waals surface area contributed by atoms with Crippen molar-refractivity contribution >= 4 is 24.2 Å². The van der Waals surface area contributed by atoms with Gasteiger partial charge in [0.1, 0.15) is 0 Å². The van der Waals surface area contributed by atoms with Gasteiger partial charge in [-0.2, -0.15) is 0 Å². The molecule has 25 heavy (non-hydrogen) atoms. The highest BCUT2D eigenvalue weighted by Gasteiger charge is 2.37. The fourth-order valence-electron chi connectivity index (χ4n) is 3.68. The number of carbonyl (C=O) groups excluding carboxylic acids is 2. The molecule has 5 nitrogen and oxygen atoms in total. The molecule has 2 aliphatic heterocycles. The lowest BCUT2D eigenvalue weighted by Gasteiger charge is -2.34. The van der Waals surface area contributed by atoms with E-state index in [-0.39, 0.29) is 30.1 Å². The van der Waals surface area contributed by atoms with E-state index in [1.54, 1.807) is 0 Å². The molecular weight excluding hydrogens is 338 g/mol. The molecule has 3 rings (SSSR count). The molecule has 2 atom stereocenters. The van der Waals surface area contributed by atoms with E-state index in [9.17, 15) is 9.59 Å². The molecule has 2 unspecified atom stereocenters. The summed E-state index contributed by atoms with van der Waals surface area (Å²) in [5, 5.41) is 3.26. The number of halogens is 1. The number of nitrogens with one attached hydrogen (secondary N) is 1. The van der Waals surface area contributed by atoms with E-state index in [2.05, 4.69) is 36.5 Å². The minimum absolute atomic E-state index is 0. The Morgan fingerprint density at radius 1 is 1.24 bits per heavy atom. The lowest BCUT2D eigenvalue weighted by molar-refractivity contribution is -0.137. The smallest absolute Gasteiger partial charge is 0.228 e. The van der Waals surface area contributed by atoms with Gasteiger partial charge in [-0.15, -0.1) is 12.4 Å². The maximum absolute atomic E-state index is 12.8. The van der Waals surface area contributed by atoms with E-state index in [1.165, 1.54) is 5.56 Å². The molecule has 1 aromatic carbocycles. The Morgan fingerprint density at radius 2 is 1.96 bits per heavy atom. The molecule has 2 amide bonds. The number of amides is 2. The van der Waals surface area contributed by atoms with Crippen molar-refractivity contribution in [2.24, 2.45) is 5.92 Å². The third-order valence-electron chi connectivity index (χ3n) is 5.20. The summed E-state index contributed by atoms with van der Waals surface area (Å²) in [5.74, 6) is 0.0596. The second-order valence-electron chi connectivity index (χ2n) is 7.07. The number of piperidine rings is 1. The first-order chi connectivity index (χ1) is 11.6. The SMILES string of the molecule is CNC1CCCN(C(=O)C2CC(=O)N(Cc3ccc(C)cc3)C2)C1.Cl. The number of aryl methyl sites for hydroxylation is 1. The molecule has 2 fully saturated rings. The summed E-state index contributed by atoms with van der Waals surface area (Å²) in [4.78, 5) is 28.8. The predicted molar refractivity (Wildman–Crippen MR) is 101 cm³/mol. The van der Waals surface area contributed by atoms with Crippen LogP contribution in [0.2, 0.25) is 0 Å². The van der Waals surface area contributed by atoms with Crippen molar-refractivity contribution in [1.29, 1.82) is 0 Å². The fraction of sp³-hybridized carbons (Fsp3) is 0.579. The molecule has 6 heteroatoms. The third kappa shape index (κ3) is 4.73. The molecule has 0 bridgehead atoms. The van der Waals surface area contributed by atoms with Gasteiger partial charge in [0.2, 0.25) is 11.8 Å². The average Bonchev–Trinajstić information content (AvgIpc) is 2.97. The van der Waals surface area contributed by atoms with Crippen molar-refractivity contribution in [2.45, 2.75) is 38.8 Å². The molecule has 1 aromatic rings. The molecule has 0 radical (unpaired) electrons. The summed E-state index contributed by atoms with van der Waals surface area (Å²) in [7, 11) is 1.95. The van der Waals surface area contributed by atoms with Crippen LogP contribution in [0.15, 0.2) is 24.3 Å². The van der Waals surface area contributed by atoms with E-state index < -0.39 is 0 Å². The molecule has 0 spiro atoms. The van der Waals surface area contributed by atoms with Gasteiger partial charge in [-0.3, -0.25) is 9.59 Å². The van der Waals surface area contributed by atoms with Crippen LogP contribution in [-0.2, 0) is 16.1 Å². The van der Waals surface area contributed by atoms with E-state index >= 15 is 0 Å². The van der Waals surface area contributed by atoms with Crippen molar-refractivity contribution in [1.82, 2.24) is 15.1 Å². The zero-order valence-electron chi connectivity index (χ0n) is 15.0. The van der Waals surface area contributed by atoms with Crippen molar-refractivity contribution < 1.29 is 9.59 Å². The van der Waals surface area contributed by atoms with Crippen LogP contribution in [0.5, 0.6) is 0 Å². The van der Waals surface area contributed by atoms with Crippen LogP contribution in [0.25, 0.3) is 0 Å². The second-order valence-corrected chi connectivity index (χ2v) is 7.07. The van der Waals surface area contributed by atoms with Crippen LogP contribution >= 0.6 is 12.4 Å². The Hall–Kier alpha value is -1.59. The lowest BCUT2D eigenvalue weighted by Crippen LogP contribution is -2.49. The number of carbonyl (C=O) groups is 2. The van der Waals surface area contributed by atoms with E-state index in [1.807, 2.05) is 16.8 Å². The van der Waals surface area contributed by atoms with Gasteiger partial charge in [0.25, 0.3) is 0 Å². The van der Waals surface area contributed by atoms with Crippen molar-refractivity contribution in [3.8, 4) is 0 Å². The predicted octanol–water partition coefficient (Wildman–Crippen LogP) is 1.98. The maximum Gasteiger partial charge on any atom is 0.228 e. The topological polar surface area (TPSA) is 52.7 Å². The zero-order chi connectivity index (χ0) is 17.1. The summed E-state index contributed by atoms with van der Waals surface area (Å²) in [5.41, 5.74) is 2.33. The summed E-state index contributed by atoms with van der Waals surface area (Å²) in [6.45, 7) is 4.78. The monoisotopic (exact) mass is 365 g/mol. The number of hydrogen-bond acceptors (Lipinski definition) is 3. The molecule has 2 heterocycles. The fourth-order valence-corrected chi connectivity index (χ4v) is 3.68. The quantitative estimate of drug-likeness (QED) is 0.887. The zero-order valence-corrected chi connectivity index (χ0v) is 15.8. The van der Waals surface area contributed by atoms with Crippen LogP contribution < -0.4 is 5.32 Å². The summed E-state index contributed by atoms with van der Waals surface area (Å²) in [6.07, 6.45) is 2.50. The number of hydrogen-bond donors (Lipinski definition) is 1. The molecule has 0 saturated carbocycles. The van der Waals surface area contributed by atoms with Crippen LogP contribution in [0.4, 0.5) is 0 Å². The van der Waals surface area contributed by atoms with Gasteiger partial charge < -0.3 is 15.1 Å². The molecule has 0 aliphatic carbocycles. The van der Waals surface area contributed by atoms with Gasteiger partial charge in [-0.05, 0) is 32.4 Å². The molecule has 1 N–H and O–H groups in total. The Bertz CT molecular complexity index is 605. The van der Waals surface area contributed by atoms with Crippen LogP contribution in [0.3, 0.4) is 0 Å². The van der Waals surface area contributed by atoms with Gasteiger partial charge >= 0.3 is 0 Å². The van der Waals surface area contributed by atoms with Crippen molar-refractivity contribution in [2.75, 3.05) is 26.7 Å². The van der Waals surface area contributed by atoms with Crippen molar-refractivity contribution in [3.63, 3.8) is 0 Å². The van der Waals surface area contributed by atoms with E-state index in [4.69, 9.17) is 0 Å². The Balaban J connectivity index is 0.00000225. The van der Waals surface area contributed by atoms with E-state index in [0.717, 1.165) is 31.5 Å². The largest absolute Gasteiger partial charge is 0.341 e. The number of benzene rings is 1. The first kappa shape index (κ1) is 19.7. The standard InChI is InChI=1S/C19H27N3O2.ClH/c1-14-5-7-15(8-6-14)11-22-12-16(10-18(22)23)19(24)21-9-3-4-17(13-21)20-2;/h5-8,16-17,20H,3-4,9-13H2,1-2H3;1H. The lowest BCUT2D eigenvalue weighted by atomic mass is 10.0. The highest BCUT2D eigenvalue weighted by Crippen LogP contribution is 2.24. The first-order valence-electron chi connectivity index (χ1n) is 8.86. The highest BCUT2D eigenvalue weighted by atomic mass is 35.5. The third-order valence-corrected chi connectivity index (χ3v) is 5.20. The first-order valence-corrected chi connectivity index (χ1v) is 8.86. The van der Waals surface area contributed by atoms with Gasteiger partial charge in [0.05, 0.1) is 5.92 Å². The molecule has 138 valence electrons. The van der Waals surface area contributed by atoms with Gasteiger partial charge in [-0.1, -0.05) is 29.8 Å². The Labute approximate surface area is 156 Å². The van der Waals surface area contributed by atoms with E-state index in [0.29, 0.717) is 25.6 Å². The highest BCUT2D eigenvalue weighted by molar-refractivity contribution is 5.89. The molecule has 0 aromatic heterocycles. The van der Waals surface area contributed by atoms with Crippen LogP contribution in [0, 0.1) is 12.8 Å². The summed E-state index contributed by atoms with van der Waals surface area (Å²) < 4.78 is 0. The van der Waals surface area contributed by atoms with Gasteiger partial charge in [0, 0.05) is 38.6 Å². The molecule has 2 saturated heterocycles. The summed E-state index contributed by atoms with van der Waals surface area (Å²) in [6, 6.07) is 8.61. The number of likely N-dealkylation sites (tertiary alicyclic amines) is 2. The van der Waals surface area contributed by atoms with Crippen LogP contribution in [0.1, 0.15) is 30.4 Å². The summed E-state index contributed by atoms with van der Waals surface area (Å²) >= 11 is 0.